The molecule has 1 saturated heterocycles. The third-order valence-electron chi connectivity index (χ3n) is 4.15. The van der Waals surface area contributed by atoms with Gasteiger partial charge in [0.25, 0.3) is 0 Å². The van der Waals surface area contributed by atoms with E-state index in [2.05, 4.69) is 27.2 Å². The number of methoxy groups -OCH3 is 1. The van der Waals surface area contributed by atoms with E-state index >= 15 is 0 Å². The Bertz CT molecular complexity index is 552. The highest BCUT2D eigenvalue weighted by Crippen LogP contribution is 2.26. The number of rotatable bonds is 6. The summed E-state index contributed by atoms with van der Waals surface area (Å²) in [5.41, 5.74) is 6.74. The van der Waals surface area contributed by atoms with Crippen LogP contribution < -0.4 is 15.8 Å². The summed E-state index contributed by atoms with van der Waals surface area (Å²) in [6, 6.07) is 5.44. The van der Waals surface area contributed by atoms with Crippen LogP contribution in [-0.4, -0.2) is 69.2 Å². The Morgan fingerprint density at radius 2 is 2.17 bits per heavy atom. The lowest BCUT2D eigenvalue weighted by atomic mass is 10.3. The first-order valence-corrected chi connectivity index (χ1v) is 8.77. The van der Waals surface area contributed by atoms with E-state index in [1.807, 2.05) is 6.07 Å². The number of hydrogen-bond donors (Lipinski definition) is 2. The Morgan fingerprint density at radius 1 is 1.33 bits per heavy atom. The molecule has 0 spiro atoms. The van der Waals surface area contributed by atoms with Crippen molar-refractivity contribution in [3.8, 4) is 5.75 Å². The van der Waals surface area contributed by atoms with E-state index in [9.17, 15) is 0 Å². The van der Waals surface area contributed by atoms with Gasteiger partial charge < -0.3 is 25.6 Å². The Morgan fingerprint density at radius 3 is 2.92 bits per heavy atom. The number of likely N-dealkylation sites (N-methyl/N-ethyl adjacent to an activating group) is 1. The standard InChI is InChI=1S/C17H28ClN5O/c1-22-8-4-10-23(12-11-22)9-3-7-20-17(19)21-14-5-6-16(24-2)15(18)13-14/h5-6,13H,3-4,7-12H2,1-2H3,(H3,19,20,21). The molecule has 7 heteroatoms. The Hall–Kier alpha value is -1.50. The average molecular weight is 354 g/mol. The molecule has 0 aliphatic carbocycles. The van der Waals surface area contributed by atoms with E-state index in [-0.39, 0.29) is 0 Å². The van der Waals surface area contributed by atoms with Crippen LogP contribution in [0.1, 0.15) is 12.8 Å². The number of aliphatic imine (C=N–C) groups is 1. The largest absolute Gasteiger partial charge is 0.495 e. The van der Waals surface area contributed by atoms with Crippen LogP contribution in [0.3, 0.4) is 0 Å². The second-order valence-electron chi connectivity index (χ2n) is 6.09. The van der Waals surface area contributed by atoms with Gasteiger partial charge in [-0.1, -0.05) is 11.6 Å². The van der Waals surface area contributed by atoms with Crippen molar-refractivity contribution in [2.24, 2.45) is 10.7 Å². The number of ether oxygens (including phenoxy) is 1. The van der Waals surface area contributed by atoms with Gasteiger partial charge in [-0.15, -0.1) is 0 Å². The second-order valence-corrected chi connectivity index (χ2v) is 6.50. The van der Waals surface area contributed by atoms with Gasteiger partial charge in [0.1, 0.15) is 5.75 Å². The fourth-order valence-electron chi connectivity index (χ4n) is 2.75. The maximum absolute atomic E-state index is 6.09. The Labute approximate surface area is 149 Å². The molecule has 24 heavy (non-hydrogen) atoms. The number of nitrogens with one attached hydrogen (secondary N) is 1. The lowest BCUT2D eigenvalue weighted by molar-refractivity contribution is 0.275. The van der Waals surface area contributed by atoms with Crippen molar-refractivity contribution in [2.45, 2.75) is 12.8 Å². The molecule has 6 nitrogen and oxygen atoms in total. The van der Waals surface area contributed by atoms with Crippen molar-refractivity contribution in [2.75, 3.05) is 58.7 Å². The molecule has 0 saturated carbocycles. The van der Waals surface area contributed by atoms with E-state index in [1.165, 1.54) is 19.5 Å². The van der Waals surface area contributed by atoms with Crippen LogP contribution in [0.2, 0.25) is 5.02 Å². The quantitative estimate of drug-likeness (QED) is 0.466. The van der Waals surface area contributed by atoms with Crippen molar-refractivity contribution in [3.63, 3.8) is 0 Å². The molecule has 1 aliphatic rings. The minimum atomic E-state index is 0.409. The van der Waals surface area contributed by atoms with Crippen LogP contribution in [0.15, 0.2) is 23.2 Å². The topological polar surface area (TPSA) is 66.1 Å². The summed E-state index contributed by atoms with van der Waals surface area (Å²) in [4.78, 5) is 9.28. The molecule has 1 aliphatic heterocycles. The molecule has 3 N–H and O–H groups in total. The van der Waals surface area contributed by atoms with Crippen molar-refractivity contribution < 1.29 is 4.74 Å². The number of halogens is 1. The van der Waals surface area contributed by atoms with Gasteiger partial charge in [-0.25, -0.2) is 0 Å². The van der Waals surface area contributed by atoms with Gasteiger partial charge >= 0.3 is 0 Å². The molecule has 0 aromatic heterocycles. The highest BCUT2D eigenvalue weighted by molar-refractivity contribution is 6.32. The van der Waals surface area contributed by atoms with E-state index in [4.69, 9.17) is 22.1 Å². The predicted molar refractivity (Wildman–Crippen MR) is 101 cm³/mol. The molecule has 2 rings (SSSR count). The summed E-state index contributed by atoms with van der Waals surface area (Å²) in [5, 5.41) is 3.60. The van der Waals surface area contributed by atoms with Gasteiger partial charge in [-0.05, 0) is 57.7 Å². The molecule has 1 heterocycles. The molecule has 0 unspecified atom stereocenters. The summed E-state index contributed by atoms with van der Waals surface area (Å²) in [6.45, 7) is 6.43. The first-order chi connectivity index (χ1) is 11.6. The molecule has 134 valence electrons. The first-order valence-electron chi connectivity index (χ1n) is 8.40. The summed E-state index contributed by atoms with van der Waals surface area (Å²) < 4.78 is 5.13. The highest BCUT2D eigenvalue weighted by atomic mass is 35.5. The molecule has 0 amide bonds. The molecule has 0 radical (unpaired) electrons. The van der Waals surface area contributed by atoms with Crippen molar-refractivity contribution in [1.29, 1.82) is 0 Å². The van der Waals surface area contributed by atoms with Gasteiger partial charge in [0.15, 0.2) is 5.96 Å². The van der Waals surface area contributed by atoms with Crippen molar-refractivity contribution in [3.05, 3.63) is 23.2 Å². The lowest BCUT2D eigenvalue weighted by Crippen LogP contribution is -2.30. The maximum Gasteiger partial charge on any atom is 0.193 e. The van der Waals surface area contributed by atoms with Crippen LogP contribution in [0, 0.1) is 0 Å². The smallest absolute Gasteiger partial charge is 0.193 e. The molecule has 1 aromatic carbocycles. The van der Waals surface area contributed by atoms with Crippen LogP contribution in [0.5, 0.6) is 5.75 Å². The van der Waals surface area contributed by atoms with E-state index in [0.29, 0.717) is 16.7 Å². The maximum atomic E-state index is 6.09. The lowest BCUT2D eigenvalue weighted by Gasteiger charge is -2.19. The van der Waals surface area contributed by atoms with Gasteiger partial charge in [0, 0.05) is 25.3 Å². The average Bonchev–Trinajstić information content (AvgIpc) is 2.76. The minimum Gasteiger partial charge on any atom is -0.495 e. The zero-order valence-electron chi connectivity index (χ0n) is 14.6. The molecular weight excluding hydrogens is 326 g/mol. The zero-order chi connectivity index (χ0) is 17.4. The normalized spacial score (nSPS) is 17.5. The number of benzene rings is 1. The third-order valence-corrected chi connectivity index (χ3v) is 4.45. The molecule has 0 bridgehead atoms. The summed E-state index contributed by atoms with van der Waals surface area (Å²) in [6.07, 6.45) is 2.25. The molecule has 0 atom stereocenters. The molecule has 1 aromatic rings. The molecular formula is C17H28ClN5O. The Kier molecular flexibility index (Phi) is 7.62. The zero-order valence-corrected chi connectivity index (χ0v) is 15.4. The van der Waals surface area contributed by atoms with Gasteiger partial charge in [-0.3, -0.25) is 4.99 Å². The van der Waals surface area contributed by atoms with Gasteiger partial charge in [0.2, 0.25) is 0 Å². The number of nitrogens with two attached hydrogens (primary N) is 1. The fourth-order valence-corrected chi connectivity index (χ4v) is 3.01. The van der Waals surface area contributed by atoms with Crippen LogP contribution in [0.4, 0.5) is 5.69 Å². The van der Waals surface area contributed by atoms with Crippen molar-refractivity contribution >= 4 is 23.2 Å². The van der Waals surface area contributed by atoms with Gasteiger partial charge in [-0.2, -0.15) is 0 Å². The summed E-state index contributed by atoms with van der Waals surface area (Å²) in [7, 11) is 3.78. The second kappa shape index (κ2) is 9.71. The number of nitrogens with zero attached hydrogens (tertiary/aromatic N) is 3. The van der Waals surface area contributed by atoms with Crippen LogP contribution in [0.25, 0.3) is 0 Å². The number of anilines is 1. The van der Waals surface area contributed by atoms with E-state index < -0.39 is 0 Å². The summed E-state index contributed by atoms with van der Waals surface area (Å²) >= 11 is 6.09. The van der Waals surface area contributed by atoms with Crippen LogP contribution in [-0.2, 0) is 0 Å². The first kappa shape index (κ1) is 18.8. The van der Waals surface area contributed by atoms with Crippen LogP contribution >= 0.6 is 11.6 Å². The predicted octanol–water partition coefficient (Wildman–Crippen LogP) is 2.10. The summed E-state index contributed by atoms with van der Waals surface area (Å²) in [5.74, 6) is 1.05. The monoisotopic (exact) mass is 353 g/mol. The SMILES string of the molecule is COc1ccc(NC(N)=NCCCN2CCCN(C)CC2)cc1Cl. The minimum absolute atomic E-state index is 0.409. The third kappa shape index (κ3) is 6.19. The fraction of sp³-hybridized carbons (Fsp3) is 0.588. The Balaban J connectivity index is 1.72. The van der Waals surface area contributed by atoms with E-state index in [1.54, 1.807) is 19.2 Å². The van der Waals surface area contributed by atoms with Crippen molar-refractivity contribution in [1.82, 2.24) is 9.80 Å². The number of hydrogen-bond acceptors (Lipinski definition) is 4. The highest BCUT2D eigenvalue weighted by Gasteiger charge is 2.11. The molecule has 1 fully saturated rings. The number of guanidine groups is 1. The van der Waals surface area contributed by atoms with Gasteiger partial charge in [0.05, 0.1) is 12.1 Å². The van der Waals surface area contributed by atoms with E-state index in [0.717, 1.165) is 38.3 Å².